The van der Waals surface area contributed by atoms with Crippen LogP contribution in [-0.2, 0) is 6.54 Å². The van der Waals surface area contributed by atoms with Crippen LogP contribution in [0.4, 0.5) is 0 Å². The lowest BCUT2D eigenvalue weighted by Crippen LogP contribution is -2.24. The van der Waals surface area contributed by atoms with Gasteiger partial charge in [-0.25, -0.2) is 0 Å². The van der Waals surface area contributed by atoms with Crippen LogP contribution in [0.15, 0.2) is 18.2 Å². The lowest BCUT2D eigenvalue weighted by atomic mass is 10.0. The largest absolute Gasteiger partial charge is 0.508 e. The summed E-state index contributed by atoms with van der Waals surface area (Å²) in [5.74, 6) is 1.18. The summed E-state index contributed by atoms with van der Waals surface area (Å²) >= 11 is 5.96. The first-order chi connectivity index (χ1) is 8.15. The third kappa shape index (κ3) is 3.62. The molecule has 1 unspecified atom stereocenters. The van der Waals surface area contributed by atoms with Crippen LogP contribution in [0.25, 0.3) is 0 Å². The zero-order valence-electron chi connectivity index (χ0n) is 10.3. The topological polar surface area (TPSA) is 23.5 Å². The van der Waals surface area contributed by atoms with Gasteiger partial charge in [0.15, 0.2) is 0 Å². The average Bonchev–Trinajstić information content (AvgIpc) is 2.49. The van der Waals surface area contributed by atoms with Crippen molar-refractivity contribution in [2.45, 2.75) is 32.7 Å². The first kappa shape index (κ1) is 12.7. The monoisotopic (exact) mass is 253 g/mol. The Morgan fingerprint density at radius 1 is 1.35 bits per heavy atom. The molecule has 2 rings (SSSR count). The average molecular weight is 254 g/mol. The minimum atomic E-state index is 0.353. The summed E-state index contributed by atoms with van der Waals surface area (Å²) in [7, 11) is 0. The zero-order valence-corrected chi connectivity index (χ0v) is 11.1. The predicted octanol–water partition coefficient (Wildman–Crippen LogP) is 3.67. The van der Waals surface area contributed by atoms with E-state index in [-0.39, 0.29) is 0 Å². The highest BCUT2D eigenvalue weighted by Crippen LogP contribution is 2.24. The van der Waals surface area contributed by atoms with E-state index in [4.69, 9.17) is 11.6 Å². The van der Waals surface area contributed by atoms with E-state index in [1.54, 1.807) is 12.1 Å². The smallest absolute Gasteiger partial charge is 0.120 e. The maximum absolute atomic E-state index is 9.80. The van der Waals surface area contributed by atoms with Crippen molar-refractivity contribution < 1.29 is 5.11 Å². The minimum Gasteiger partial charge on any atom is -0.508 e. The normalized spacial score (nSPS) is 22.4. The van der Waals surface area contributed by atoms with Crippen LogP contribution in [0.2, 0.25) is 5.02 Å². The number of halogens is 1. The molecule has 1 fully saturated rings. The van der Waals surface area contributed by atoms with Crippen LogP contribution >= 0.6 is 11.6 Å². The Morgan fingerprint density at radius 2 is 2.18 bits per heavy atom. The van der Waals surface area contributed by atoms with Crippen LogP contribution in [0.1, 0.15) is 31.7 Å². The molecular formula is C14H20ClNO. The van der Waals surface area contributed by atoms with Crippen LogP contribution in [0.3, 0.4) is 0 Å². The molecule has 0 radical (unpaired) electrons. The van der Waals surface area contributed by atoms with Crippen molar-refractivity contribution in [3.63, 3.8) is 0 Å². The molecule has 1 aromatic rings. The molecule has 1 aromatic carbocycles. The molecule has 1 N–H and O–H groups in total. The molecule has 3 heteroatoms. The maximum Gasteiger partial charge on any atom is 0.120 e. The number of phenolic OH excluding ortho intramolecular Hbond substituents is 1. The molecule has 2 nitrogen and oxygen atoms in total. The summed E-state index contributed by atoms with van der Waals surface area (Å²) in [6.45, 7) is 5.36. The van der Waals surface area contributed by atoms with Gasteiger partial charge >= 0.3 is 0 Å². The van der Waals surface area contributed by atoms with Crippen LogP contribution in [0, 0.1) is 5.92 Å². The summed E-state index contributed by atoms with van der Waals surface area (Å²) in [4.78, 5) is 2.41. The first-order valence-electron chi connectivity index (χ1n) is 6.35. The molecule has 1 saturated heterocycles. The molecule has 0 amide bonds. The van der Waals surface area contributed by atoms with Gasteiger partial charge in [0, 0.05) is 17.1 Å². The van der Waals surface area contributed by atoms with Gasteiger partial charge in [0.2, 0.25) is 0 Å². The zero-order chi connectivity index (χ0) is 12.3. The van der Waals surface area contributed by atoms with Gasteiger partial charge in [-0.1, -0.05) is 18.5 Å². The van der Waals surface area contributed by atoms with E-state index in [1.807, 2.05) is 6.07 Å². The molecule has 1 atom stereocenters. The molecule has 94 valence electrons. The molecule has 17 heavy (non-hydrogen) atoms. The SMILES string of the molecule is CC1CCCN(Cc2cc(Cl)ccc2O)CC1. The Balaban J connectivity index is 2.02. The van der Waals surface area contributed by atoms with Crippen LogP contribution in [0.5, 0.6) is 5.75 Å². The van der Waals surface area contributed by atoms with Crippen molar-refractivity contribution in [1.29, 1.82) is 0 Å². The van der Waals surface area contributed by atoms with E-state index in [1.165, 1.54) is 19.3 Å². The quantitative estimate of drug-likeness (QED) is 0.869. The highest BCUT2D eigenvalue weighted by Gasteiger charge is 2.15. The number of phenols is 1. The molecule has 0 spiro atoms. The van der Waals surface area contributed by atoms with Gasteiger partial charge in [-0.05, 0) is 56.5 Å². The van der Waals surface area contributed by atoms with E-state index in [0.717, 1.165) is 31.1 Å². The number of likely N-dealkylation sites (tertiary alicyclic amines) is 1. The first-order valence-corrected chi connectivity index (χ1v) is 6.72. The number of hydrogen-bond acceptors (Lipinski definition) is 2. The van der Waals surface area contributed by atoms with Gasteiger partial charge in [-0.3, -0.25) is 4.90 Å². The summed E-state index contributed by atoms with van der Waals surface area (Å²) in [6, 6.07) is 5.27. The second kappa shape index (κ2) is 5.74. The third-order valence-electron chi connectivity index (χ3n) is 3.54. The van der Waals surface area contributed by atoms with Crippen LogP contribution in [-0.4, -0.2) is 23.1 Å². The van der Waals surface area contributed by atoms with Crippen molar-refractivity contribution in [1.82, 2.24) is 4.90 Å². The fourth-order valence-electron chi connectivity index (χ4n) is 2.40. The Morgan fingerprint density at radius 3 is 3.00 bits per heavy atom. The molecule has 1 heterocycles. The predicted molar refractivity (Wildman–Crippen MR) is 71.4 cm³/mol. The van der Waals surface area contributed by atoms with Crippen molar-refractivity contribution >= 4 is 11.6 Å². The van der Waals surface area contributed by atoms with Gasteiger partial charge in [-0.2, -0.15) is 0 Å². The Labute approximate surface area is 108 Å². The van der Waals surface area contributed by atoms with Crippen molar-refractivity contribution in [3.8, 4) is 5.75 Å². The lowest BCUT2D eigenvalue weighted by Gasteiger charge is -2.20. The van der Waals surface area contributed by atoms with Crippen molar-refractivity contribution in [3.05, 3.63) is 28.8 Å². The number of rotatable bonds is 2. The summed E-state index contributed by atoms with van der Waals surface area (Å²) < 4.78 is 0. The molecule has 0 aliphatic carbocycles. The van der Waals surface area contributed by atoms with E-state index >= 15 is 0 Å². The number of nitrogens with zero attached hydrogens (tertiary/aromatic N) is 1. The van der Waals surface area contributed by atoms with Gasteiger partial charge in [-0.15, -0.1) is 0 Å². The third-order valence-corrected chi connectivity index (χ3v) is 3.78. The Hall–Kier alpha value is -0.730. The van der Waals surface area contributed by atoms with Crippen LogP contribution < -0.4 is 0 Å². The van der Waals surface area contributed by atoms with E-state index in [0.29, 0.717) is 10.8 Å². The molecule has 1 aliphatic heterocycles. The highest BCUT2D eigenvalue weighted by atomic mass is 35.5. The summed E-state index contributed by atoms with van der Waals surface area (Å²) in [5.41, 5.74) is 0.937. The van der Waals surface area contributed by atoms with E-state index < -0.39 is 0 Å². The van der Waals surface area contributed by atoms with Crippen molar-refractivity contribution in [2.75, 3.05) is 13.1 Å². The molecule has 0 aromatic heterocycles. The van der Waals surface area contributed by atoms with Gasteiger partial charge in [0.05, 0.1) is 0 Å². The second-order valence-corrected chi connectivity index (χ2v) is 5.52. The second-order valence-electron chi connectivity index (χ2n) is 5.09. The number of aromatic hydroxyl groups is 1. The lowest BCUT2D eigenvalue weighted by molar-refractivity contribution is 0.269. The molecular weight excluding hydrogens is 234 g/mol. The van der Waals surface area contributed by atoms with E-state index in [2.05, 4.69) is 11.8 Å². The van der Waals surface area contributed by atoms with Gasteiger partial charge in [0.25, 0.3) is 0 Å². The van der Waals surface area contributed by atoms with Gasteiger partial charge < -0.3 is 5.11 Å². The summed E-state index contributed by atoms with van der Waals surface area (Å²) in [5, 5.41) is 10.5. The molecule has 0 bridgehead atoms. The number of benzene rings is 1. The fraction of sp³-hybridized carbons (Fsp3) is 0.571. The Kier molecular flexibility index (Phi) is 4.30. The molecule has 0 saturated carbocycles. The maximum atomic E-state index is 9.80. The molecule has 1 aliphatic rings. The Bertz CT molecular complexity index is 380. The van der Waals surface area contributed by atoms with Crippen molar-refractivity contribution in [2.24, 2.45) is 5.92 Å². The van der Waals surface area contributed by atoms with Gasteiger partial charge in [0.1, 0.15) is 5.75 Å². The minimum absolute atomic E-state index is 0.353. The fourth-order valence-corrected chi connectivity index (χ4v) is 2.60. The summed E-state index contributed by atoms with van der Waals surface area (Å²) in [6.07, 6.45) is 3.82. The number of hydrogen-bond donors (Lipinski definition) is 1. The van der Waals surface area contributed by atoms with E-state index in [9.17, 15) is 5.11 Å². The standard InChI is InChI=1S/C14H20ClNO/c1-11-3-2-7-16(8-6-11)10-12-9-13(15)4-5-14(12)17/h4-5,9,11,17H,2-3,6-8,10H2,1H3. The highest BCUT2D eigenvalue weighted by molar-refractivity contribution is 6.30.